The summed E-state index contributed by atoms with van der Waals surface area (Å²) in [6.45, 7) is 0. The third-order valence-corrected chi connectivity index (χ3v) is 4.34. The first-order chi connectivity index (χ1) is 10.6. The highest BCUT2D eigenvalue weighted by Gasteiger charge is 2.26. The number of aromatic amines is 1. The molecule has 22 heavy (non-hydrogen) atoms. The standard InChI is InChI=1S/C16H20N4O2/c1-20(13-5-3-2-4-6-13)16(22)15(21)18-12-8-7-11-10-17-19-14(11)9-12/h7-10,13H,2-6H2,1H3,(H,17,19)(H,18,21). The molecule has 2 amide bonds. The van der Waals surface area contributed by atoms with Crippen molar-refractivity contribution in [1.29, 1.82) is 0 Å². The minimum absolute atomic E-state index is 0.182. The van der Waals surface area contributed by atoms with Crippen molar-refractivity contribution in [1.82, 2.24) is 15.1 Å². The third-order valence-electron chi connectivity index (χ3n) is 4.34. The fourth-order valence-corrected chi connectivity index (χ4v) is 2.99. The molecule has 3 rings (SSSR count). The molecule has 0 saturated heterocycles. The van der Waals surface area contributed by atoms with Crippen LogP contribution in [0.15, 0.2) is 24.4 Å². The molecule has 6 heteroatoms. The van der Waals surface area contributed by atoms with E-state index in [1.54, 1.807) is 30.3 Å². The van der Waals surface area contributed by atoms with Gasteiger partial charge in [0.15, 0.2) is 0 Å². The Labute approximate surface area is 128 Å². The molecular formula is C16H20N4O2. The molecule has 0 atom stereocenters. The molecular weight excluding hydrogens is 280 g/mol. The first-order valence-electron chi connectivity index (χ1n) is 7.66. The third kappa shape index (κ3) is 2.95. The van der Waals surface area contributed by atoms with Crippen molar-refractivity contribution in [2.75, 3.05) is 12.4 Å². The van der Waals surface area contributed by atoms with Crippen LogP contribution in [0.25, 0.3) is 10.9 Å². The van der Waals surface area contributed by atoms with E-state index in [9.17, 15) is 9.59 Å². The summed E-state index contributed by atoms with van der Waals surface area (Å²) >= 11 is 0. The van der Waals surface area contributed by atoms with E-state index in [0.29, 0.717) is 5.69 Å². The molecule has 1 aromatic heterocycles. The molecule has 0 radical (unpaired) electrons. The molecule has 2 N–H and O–H groups in total. The lowest BCUT2D eigenvalue weighted by atomic mass is 9.94. The molecule has 1 aliphatic rings. The Hall–Kier alpha value is -2.37. The molecule has 116 valence electrons. The van der Waals surface area contributed by atoms with Gasteiger partial charge in [0.2, 0.25) is 0 Å². The average Bonchev–Trinajstić information content (AvgIpc) is 3.02. The fraction of sp³-hybridized carbons (Fsp3) is 0.438. The number of hydrogen-bond donors (Lipinski definition) is 2. The van der Waals surface area contributed by atoms with Crippen molar-refractivity contribution in [3.05, 3.63) is 24.4 Å². The average molecular weight is 300 g/mol. The Morgan fingerprint density at radius 3 is 2.82 bits per heavy atom. The summed E-state index contributed by atoms with van der Waals surface area (Å²) in [5, 5.41) is 10.4. The Morgan fingerprint density at radius 2 is 2.05 bits per heavy atom. The number of H-pyrrole nitrogens is 1. The highest BCUT2D eigenvalue weighted by Crippen LogP contribution is 2.22. The van der Waals surface area contributed by atoms with Crippen LogP contribution in [0.4, 0.5) is 5.69 Å². The van der Waals surface area contributed by atoms with Gasteiger partial charge in [-0.1, -0.05) is 19.3 Å². The van der Waals surface area contributed by atoms with Crippen LogP contribution in [-0.2, 0) is 9.59 Å². The number of hydrogen-bond acceptors (Lipinski definition) is 3. The smallest absolute Gasteiger partial charge is 0.313 e. The van der Waals surface area contributed by atoms with Crippen molar-refractivity contribution >= 4 is 28.4 Å². The molecule has 1 saturated carbocycles. The van der Waals surface area contributed by atoms with Crippen LogP contribution in [0.3, 0.4) is 0 Å². The molecule has 0 unspecified atom stereocenters. The second-order valence-electron chi connectivity index (χ2n) is 5.83. The summed E-state index contributed by atoms with van der Waals surface area (Å²) in [7, 11) is 1.72. The fourth-order valence-electron chi connectivity index (χ4n) is 2.99. The SMILES string of the molecule is CN(C(=O)C(=O)Nc1ccc2cn[nH]c2c1)C1CCCCC1. The summed E-state index contributed by atoms with van der Waals surface area (Å²) < 4.78 is 0. The number of nitrogens with zero attached hydrogens (tertiary/aromatic N) is 2. The maximum Gasteiger partial charge on any atom is 0.313 e. The zero-order chi connectivity index (χ0) is 15.5. The van der Waals surface area contributed by atoms with Gasteiger partial charge in [0.25, 0.3) is 0 Å². The molecule has 0 aliphatic heterocycles. The maximum atomic E-state index is 12.3. The number of amides is 2. The lowest BCUT2D eigenvalue weighted by Gasteiger charge is -2.30. The molecule has 1 fully saturated rings. The van der Waals surface area contributed by atoms with Crippen LogP contribution < -0.4 is 5.32 Å². The topological polar surface area (TPSA) is 78.1 Å². The minimum atomic E-state index is -0.591. The molecule has 1 aliphatic carbocycles. The van der Waals surface area contributed by atoms with Gasteiger partial charge in [0.1, 0.15) is 0 Å². The van der Waals surface area contributed by atoms with Gasteiger partial charge < -0.3 is 10.2 Å². The van der Waals surface area contributed by atoms with E-state index < -0.39 is 11.8 Å². The van der Waals surface area contributed by atoms with E-state index in [2.05, 4.69) is 15.5 Å². The lowest BCUT2D eigenvalue weighted by molar-refractivity contribution is -0.144. The van der Waals surface area contributed by atoms with Crippen LogP contribution in [0.1, 0.15) is 32.1 Å². The van der Waals surface area contributed by atoms with Crippen molar-refractivity contribution in [3.8, 4) is 0 Å². The number of anilines is 1. The quantitative estimate of drug-likeness (QED) is 0.835. The molecule has 1 aromatic carbocycles. The van der Waals surface area contributed by atoms with Crippen molar-refractivity contribution in [3.63, 3.8) is 0 Å². The van der Waals surface area contributed by atoms with Crippen molar-refractivity contribution in [2.45, 2.75) is 38.1 Å². The predicted molar refractivity (Wildman–Crippen MR) is 84.4 cm³/mol. The maximum absolute atomic E-state index is 12.3. The number of likely N-dealkylation sites (N-methyl/N-ethyl adjacent to an activating group) is 1. The van der Waals surface area contributed by atoms with Crippen LogP contribution in [0.2, 0.25) is 0 Å². The van der Waals surface area contributed by atoms with E-state index in [4.69, 9.17) is 0 Å². The zero-order valence-electron chi connectivity index (χ0n) is 12.6. The summed E-state index contributed by atoms with van der Waals surface area (Å²) in [4.78, 5) is 26.0. The molecule has 1 heterocycles. The summed E-state index contributed by atoms with van der Waals surface area (Å²) in [6, 6.07) is 5.57. The van der Waals surface area contributed by atoms with E-state index in [1.807, 2.05) is 6.07 Å². The highest BCUT2D eigenvalue weighted by atomic mass is 16.2. The minimum Gasteiger partial charge on any atom is -0.335 e. The Bertz CT molecular complexity index is 688. The van der Waals surface area contributed by atoms with Gasteiger partial charge in [-0.15, -0.1) is 0 Å². The number of nitrogens with one attached hydrogen (secondary N) is 2. The van der Waals surface area contributed by atoms with Gasteiger partial charge in [-0.2, -0.15) is 5.10 Å². The highest BCUT2D eigenvalue weighted by molar-refractivity contribution is 6.39. The molecule has 2 aromatic rings. The van der Waals surface area contributed by atoms with Gasteiger partial charge in [0, 0.05) is 24.2 Å². The van der Waals surface area contributed by atoms with Gasteiger partial charge >= 0.3 is 11.8 Å². The van der Waals surface area contributed by atoms with E-state index in [1.165, 1.54) is 6.42 Å². The van der Waals surface area contributed by atoms with Crippen molar-refractivity contribution in [2.24, 2.45) is 0 Å². The lowest BCUT2D eigenvalue weighted by Crippen LogP contribution is -2.44. The summed E-state index contributed by atoms with van der Waals surface area (Å²) in [6.07, 6.45) is 7.14. The summed E-state index contributed by atoms with van der Waals surface area (Å²) in [5.41, 5.74) is 1.41. The number of aromatic nitrogens is 2. The summed E-state index contributed by atoms with van der Waals surface area (Å²) in [5.74, 6) is -1.07. The monoisotopic (exact) mass is 300 g/mol. The van der Waals surface area contributed by atoms with Crippen LogP contribution in [0, 0.1) is 0 Å². The van der Waals surface area contributed by atoms with Gasteiger partial charge in [-0.25, -0.2) is 0 Å². The van der Waals surface area contributed by atoms with Crippen molar-refractivity contribution < 1.29 is 9.59 Å². The van der Waals surface area contributed by atoms with Gasteiger partial charge in [-0.05, 0) is 31.0 Å². The molecule has 0 bridgehead atoms. The van der Waals surface area contributed by atoms with Crippen LogP contribution >= 0.6 is 0 Å². The Kier molecular flexibility index (Phi) is 4.09. The number of benzene rings is 1. The Morgan fingerprint density at radius 1 is 1.27 bits per heavy atom. The number of rotatable bonds is 2. The normalized spacial score (nSPS) is 15.7. The zero-order valence-corrected chi connectivity index (χ0v) is 12.6. The largest absolute Gasteiger partial charge is 0.335 e. The second kappa shape index (κ2) is 6.17. The first kappa shape index (κ1) is 14.6. The number of fused-ring (bicyclic) bond motifs is 1. The van der Waals surface area contributed by atoms with Gasteiger partial charge in [0.05, 0.1) is 11.7 Å². The number of carbonyl (C=O) groups is 2. The molecule has 0 spiro atoms. The second-order valence-corrected chi connectivity index (χ2v) is 5.83. The Balaban J connectivity index is 1.66. The van der Waals surface area contributed by atoms with E-state index >= 15 is 0 Å². The van der Waals surface area contributed by atoms with Crippen LogP contribution in [-0.4, -0.2) is 40.0 Å². The van der Waals surface area contributed by atoms with E-state index in [0.717, 1.165) is 36.6 Å². The van der Waals surface area contributed by atoms with E-state index in [-0.39, 0.29) is 6.04 Å². The van der Waals surface area contributed by atoms with Crippen LogP contribution in [0.5, 0.6) is 0 Å². The molecule has 6 nitrogen and oxygen atoms in total. The first-order valence-corrected chi connectivity index (χ1v) is 7.66. The predicted octanol–water partition coefficient (Wildman–Crippen LogP) is 2.29. The number of carbonyl (C=O) groups excluding carboxylic acids is 2. The van der Waals surface area contributed by atoms with Gasteiger partial charge in [-0.3, -0.25) is 14.7 Å².